The molecular weight excluding hydrogens is 414 g/mol. The molecule has 0 radical (unpaired) electrons. The van der Waals surface area contributed by atoms with Crippen molar-refractivity contribution < 1.29 is 20.1 Å². The van der Waals surface area contributed by atoms with E-state index in [9.17, 15) is 15.3 Å². The topological polar surface area (TPSA) is 164 Å². The Balaban J connectivity index is 1.44. The molecule has 4 aromatic rings. The number of benzene rings is 2. The highest BCUT2D eigenvalue weighted by Crippen LogP contribution is 2.32. The number of nitrogens with zero attached hydrogens (tertiary/aromatic N) is 6. The first-order valence-electron chi connectivity index (χ1n) is 10.0. The second-order valence-electron chi connectivity index (χ2n) is 7.50. The number of aliphatic hydroxyl groups is 3. The minimum Gasteiger partial charge on any atom is -0.394 e. The molecule has 164 valence electrons. The second kappa shape index (κ2) is 8.20. The van der Waals surface area contributed by atoms with Crippen molar-refractivity contribution in [2.75, 3.05) is 12.3 Å². The summed E-state index contributed by atoms with van der Waals surface area (Å²) in [5.74, 6) is 0.128. The summed E-state index contributed by atoms with van der Waals surface area (Å²) in [4.78, 5) is 12.7. The van der Waals surface area contributed by atoms with Crippen LogP contribution in [0.5, 0.6) is 0 Å². The van der Waals surface area contributed by atoms with Crippen LogP contribution in [0.15, 0.2) is 59.0 Å². The summed E-state index contributed by atoms with van der Waals surface area (Å²) < 4.78 is 7.00. The first-order chi connectivity index (χ1) is 15.6. The zero-order chi connectivity index (χ0) is 22.2. The number of hydrogen-bond donors (Lipinski definition) is 4. The van der Waals surface area contributed by atoms with Crippen LogP contribution in [-0.4, -0.2) is 59.8 Å². The number of rotatable bonds is 5. The van der Waals surface area contributed by atoms with Crippen molar-refractivity contribution in [3.05, 3.63) is 54.4 Å². The molecule has 0 amide bonds. The average molecular weight is 435 g/mol. The van der Waals surface area contributed by atoms with E-state index in [4.69, 9.17) is 10.5 Å². The van der Waals surface area contributed by atoms with E-state index in [1.807, 2.05) is 42.5 Å². The van der Waals surface area contributed by atoms with Crippen molar-refractivity contribution in [1.82, 2.24) is 19.5 Å². The van der Waals surface area contributed by atoms with Gasteiger partial charge in [0.1, 0.15) is 23.8 Å². The molecule has 11 nitrogen and oxygen atoms in total. The maximum Gasteiger partial charge on any atom is 0.272 e. The summed E-state index contributed by atoms with van der Waals surface area (Å²) in [6, 6.07) is 14.0. The van der Waals surface area contributed by atoms with Crippen molar-refractivity contribution in [2.45, 2.75) is 31.1 Å². The van der Waals surface area contributed by atoms with Gasteiger partial charge in [-0.15, -0.1) is 5.11 Å². The monoisotopic (exact) mass is 435 g/mol. The molecule has 2 unspecified atom stereocenters. The Kier molecular flexibility index (Phi) is 5.23. The molecule has 2 aromatic carbocycles. The largest absolute Gasteiger partial charge is 0.394 e. The Morgan fingerprint density at radius 2 is 1.88 bits per heavy atom. The first-order valence-corrected chi connectivity index (χ1v) is 10.0. The van der Waals surface area contributed by atoms with E-state index in [2.05, 4.69) is 25.2 Å². The van der Waals surface area contributed by atoms with Gasteiger partial charge in [0.25, 0.3) is 5.95 Å². The summed E-state index contributed by atoms with van der Waals surface area (Å²) in [5, 5.41) is 40.3. The molecule has 1 aliphatic heterocycles. The highest BCUT2D eigenvalue weighted by atomic mass is 16.6. The van der Waals surface area contributed by atoms with Crippen LogP contribution in [0.1, 0.15) is 11.8 Å². The summed E-state index contributed by atoms with van der Waals surface area (Å²) in [6.07, 6.45) is -3.07. The fourth-order valence-electron chi connectivity index (χ4n) is 3.87. The van der Waals surface area contributed by atoms with E-state index in [0.717, 1.165) is 16.3 Å². The minimum absolute atomic E-state index is 0.0312. The molecule has 1 saturated heterocycles. The SMILES string of the molecule is Nc1nc(N=NCc2cccc3ccccc23)nc2c1ncn2[C@@H]1O[C@H](CO)C(O)C1O. The number of fused-ring (bicyclic) bond motifs is 2. The van der Waals surface area contributed by atoms with Gasteiger partial charge in [0.2, 0.25) is 0 Å². The number of aliphatic hydroxyl groups excluding tert-OH is 3. The Labute approximate surface area is 181 Å². The predicted molar refractivity (Wildman–Crippen MR) is 115 cm³/mol. The second-order valence-corrected chi connectivity index (χ2v) is 7.50. The van der Waals surface area contributed by atoms with Gasteiger partial charge in [-0.2, -0.15) is 15.1 Å². The lowest BCUT2D eigenvalue weighted by molar-refractivity contribution is -0.0511. The zero-order valence-corrected chi connectivity index (χ0v) is 16.9. The molecule has 0 bridgehead atoms. The van der Waals surface area contributed by atoms with Crippen LogP contribution in [0.25, 0.3) is 21.9 Å². The molecule has 1 fully saturated rings. The van der Waals surface area contributed by atoms with Gasteiger partial charge in [0.05, 0.1) is 19.5 Å². The van der Waals surface area contributed by atoms with Crippen LogP contribution in [0.4, 0.5) is 11.8 Å². The summed E-state index contributed by atoms with van der Waals surface area (Å²) >= 11 is 0. The maximum absolute atomic E-state index is 10.3. The van der Waals surface area contributed by atoms with Gasteiger partial charge in [-0.3, -0.25) is 4.57 Å². The number of anilines is 1. The van der Waals surface area contributed by atoms with E-state index < -0.39 is 31.1 Å². The number of nitrogens with two attached hydrogens (primary N) is 1. The Bertz CT molecular complexity index is 1300. The van der Waals surface area contributed by atoms with Gasteiger partial charge in [-0.1, -0.05) is 42.5 Å². The van der Waals surface area contributed by atoms with Gasteiger partial charge in [-0.25, -0.2) is 4.98 Å². The fraction of sp³-hybridized carbons (Fsp3) is 0.286. The van der Waals surface area contributed by atoms with Gasteiger partial charge < -0.3 is 25.8 Å². The van der Waals surface area contributed by atoms with Crippen molar-refractivity contribution in [2.24, 2.45) is 10.2 Å². The van der Waals surface area contributed by atoms with Gasteiger partial charge in [-0.05, 0) is 16.3 Å². The molecule has 11 heteroatoms. The number of hydrogen-bond acceptors (Lipinski definition) is 10. The van der Waals surface area contributed by atoms with E-state index >= 15 is 0 Å². The molecular formula is C21H21N7O4. The lowest BCUT2D eigenvalue weighted by Crippen LogP contribution is -2.33. The summed E-state index contributed by atoms with van der Waals surface area (Å²) in [5.41, 5.74) is 7.60. The molecule has 4 atom stereocenters. The molecule has 32 heavy (non-hydrogen) atoms. The third kappa shape index (κ3) is 3.46. The Morgan fingerprint density at radius 3 is 2.69 bits per heavy atom. The molecule has 0 aliphatic carbocycles. The lowest BCUT2D eigenvalue weighted by Gasteiger charge is -2.16. The van der Waals surface area contributed by atoms with Crippen LogP contribution in [-0.2, 0) is 11.3 Å². The quantitative estimate of drug-likeness (QED) is 0.342. The summed E-state index contributed by atoms with van der Waals surface area (Å²) in [6.45, 7) is -0.108. The van der Waals surface area contributed by atoms with Crippen molar-refractivity contribution in [3.8, 4) is 0 Å². The van der Waals surface area contributed by atoms with Crippen molar-refractivity contribution in [3.63, 3.8) is 0 Å². The number of nitrogen functional groups attached to an aromatic ring is 1. The maximum atomic E-state index is 10.3. The molecule has 5 rings (SSSR count). The van der Waals surface area contributed by atoms with Crippen molar-refractivity contribution in [1.29, 1.82) is 0 Å². The van der Waals surface area contributed by atoms with Gasteiger partial charge >= 0.3 is 0 Å². The highest BCUT2D eigenvalue weighted by Gasteiger charge is 2.44. The molecule has 3 heterocycles. The van der Waals surface area contributed by atoms with Crippen LogP contribution in [0.2, 0.25) is 0 Å². The molecule has 0 saturated carbocycles. The third-order valence-electron chi connectivity index (χ3n) is 5.51. The smallest absolute Gasteiger partial charge is 0.272 e. The minimum atomic E-state index is -1.28. The number of azo groups is 1. The lowest BCUT2D eigenvalue weighted by atomic mass is 10.1. The zero-order valence-electron chi connectivity index (χ0n) is 16.9. The number of aromatic nitrogens is 4. The Hall–Kier alpha value is -3.51. The van der Waals surface area contributed by atoms with E-state index in [0.29, 0.717) is 12.1 Å². The van der Waals surface area contributed by atoms with Crippen LogP contribution in [0, 0.1) is 0 Å². The van der Waals surface area contributed by atoms with Crippen LogP contribution < -0.4 is 5.73 Å². The van der Waals surface area contributed by atoms with E-state index in [1.54, 1.807) is 0 Å². The van der Waals surface area contributed by atoms with Crippen LogP contribution >= 0.6 is 0 Å². The average Bonchev–Trinajstić information content (AvgIpc) is 3.35. The van der Waals surface area contributed by atoms with Gasteiger partial charge in [0.15, 0.2) is 17.7 Å². The predicted octanol–water partition coefficient (Wildman–Crippen LogP) is 1.46. The van der Waals surface area contributed by atoms with Gasteiger partial charge in [0, 0.05) is 0 Å². The van der Waals surface area contributed by atoms with E-state index in [1.165, 1.54) is 10.9 Å². The highest BCUT2D eigenvalue weighted by molar-refractivity contribution is 5.85. The number of imidazole rings is 1. The fourth-order valence-corrected chi connectivity index (χ4v) is 3.87. The molecule has 5 N–H and O–H groups in total. The number of ether oxygens (including phenoxy) is 1. The standard InChI is InChI=1S/C21H21N7O4/c22-18-15-19(28(10-23-15)20-17(31)16(30)14(9-29)32-20)26-21(25-18)27-24-8-12-6-3-5-11-4-1-2-7-13(11)12/h1-7,10,14,16-17,20,29-31H,8-9H2,(H2,22,25,26)/t14-,16?,17?,20-/m1/s1. The molecule has 0 spiro atoms. The molecule has 2 aromatic heterocycles. The normalized spacial score (nSPS) is 23.6. The van der Waals surface area contributed by atoms with E-state index in [-0.39, 0.29) is 17.4 Å². The third-order valence-corrected chi connectivity index (χ3v) is 5.51. The van der Waals surface area contributed by atoms with Crippen molar-refractivity contribution >= 4 is 33.7 Å². The Morgan fingerprint density at radius 1 is 1.06 bits per heavy atom. The summed E-state index contributed by atoms with van der Waals surface area (Å²) in [7, 11) is 0. The van der Waals surface area contributed by atoms with Crippen LogP contribution in [0.3, 0.4) is 0 Å². The molecule has 1 aliphatic rings. The first kappa shape index (κ1) is 20.4.